The lowest BCUT2D eigenvalue weighted by Gasteiger charge is -2.08. The molecule has 0 heterocycles. The van der Waals surface area contributed by atoms with Crippen LogP contribution in [-0.2, 0) is 0 Å². The van der Waals surface area contributed by atoms with Crippen molar-refractivity contribution in [1.82, 2.24) is 5.43 Å². The Morgan fingerprint density at radius 1 is 0.840 bits per heavy atom. The normalized spacial score (nSPS) is 11.2. The lowest BCUT2D eigenvalue weighted by atomic mass is 10.0. The second-order valence-electron chi connectivity index (χ2n) is 5.68. The molecule has 25 heavy (non-hydrogen) atoms. The largest absolute Gasteiger partial charge is 0.508 e. The van der Waals surface area contributed by atoms with Gasteiger partial charge in [0.1, 0.15) is 5.75 Å². The molecule has 3 aromatic carbocycles. The minimum atomic E-state index is -0.378. The number of hydrazone groups is 1. The van der Waals surface area contributed by atoms with Crippen LogP contribution in [0.2, 0.25) is 0 Å². The van der Waals surface area contributed by atoms with E-state index in [0.29, 0.717) is 11.3 Å². The van der Waals surface area contributed by atoms with Crippen LogP contribution in [0.5, 0.6) is 5.75 Å². The Bertz CT molecular complexity index is 901. The number of carbonyl (C=O) groups is 1. The number of aromatic hydroxyl groups is 1. The smallest absolute Gasteiger partial charge is 0.271 e. The molecule has 0 saturated heterocycles. The number of aryl methyl sites for hydroxylation is 1. The molecule has 0 fully saturated rings. The Balaban J connectivity index is 1.93. The molecule has 0 radical (unpaired) electrons. The first kappa shape index (κ1) is 16.5. The summed E-state index contributed by atoms with van der Waals surface area (Å²) in [6, 6.07) is 23.8. The van der Waals surface area contributed by atoms with E-state index in [4.69, 9.17) is 0 Å². The molecule has 0 unspecified atom stereocenters. The van der Waals surface area contributed by atoms with Crippen molar-refractivity contribution in [2.24, 2.45) is 5.10 Å². The number of rotatable bonds is 4. The molecule has 4 heteroatoms. The lowest BCUT2D eigenvalue weighted by Crippen LogP contribution is -2.20. The summed E-state index contributed by atoms with van der Waals surface area (Å²) in [5.74, 6) is -0.338. The van der Waals surface area contributed by atoms with Crippen LogP contribution in [0, 0.1) is 6.92 Å². The summed E-state index contributed by atoms with van der Waals surface area (Å²) in [5, 5.41) is 13.8. The first-order valence-corrected chi connectivity index (χ1v) is 7.93. The second-order valence-corrected chi connectivity index (χ2v) is 5.68. The Morgan fingerprint density at radius 2 is 1.48 bits per heavy atom. The van der Waals surface area contributed by atoms with Crippen LogP contribution < -0.4 is 5.43 Å². The van der Waals surface area contributed by atoms with Gasteiger partial charge in [0.25, 0.3) is 5.91 Å². The molecule has 0 spiro atoms. The third kappa shape index (κ3) is 4.12. The van der Waals surface area contributed by atoms with Crippen molar-refractivity contribution in [3.63, 3.8) is 0 Å². The maximum atomic E-state index is 12.3. The zero-order valence-corrected chi connectivity index (χ0v) is 13.8. The van der Waals surface area contributed by atoms with E-state index in [2.05, 4.69) is 10.5 Å². The number of carbonyl (C=O) groups excluding carboxylic acids is 1. The van der Waals surface area contributed by atoms with Crippen LogP contribution in [-0.4, -0.2) is 16.7 Å². The van der Waals surface area contributed by atoms with Gasteiger partial charge in [-0.2, -0.15) is 5.10 Å². The van der Waals surface area contributed by atoms with E-state index in [-0.39, 0.29) is 11.7 Å². The molecule has 0 aliphatic heterocycles. The molecule has 0 aliphatic carbocycles. The third-order valence-electron chi connectivity index (χ3n) is 3.75. The molecule has 0 bridgehead atoms. The van der Waals surface area contributed by atoms with E-state index >= 15 is 0 Å². The number of nitrogens with one attached hydrogen (secondary N) is 1. The van der Waals surface area contributed by atoms with Gasteiger partial charge in [0.2, 0.25) is 0 Å². The van der Waals surface area contributed by atoms with Gasteiger partial charge in [-0.3, -0.25) is 4.79 Å². The molecule has 0 aromatic heterocycles. The second kappa shape index (κ2) is 7.45. The minimum Gasteiger partial charge on any atom is -0.508 e. The molecule has 1 amide bonds. The van der Waals surface area contributed by atoms with Gasteiger partial charge < -0.3 is 5.11 Å². The summed E-state index contributed by atoms with van der Waals surface area (Å²) in [6.07, 6.45) is 0. The molecule has 2 N–H and O–H groups in total. The summed E-state index contributed by atoms with van der Waals surface area (Å²) in [4.78, 5) is 12.3. The Labute approximate surface area is 146 Å². The predicted octanol–water partition coefficient (Wildman–Crippen LogP) is 3.88. The Hall–Kier alpha value is -3.40. The lowest BCUT2D eigenvalue weighted by molar-refractivity contribution is 0.0954. The zero-order chi connectivity index (χ0) is 17.6. The van der Waals surface area contributed by atoms with E-state index in [1.807, 2.05) is 61.5 Å². The number of hydrogen-bond donors (Lipinski definition) is 2. The summed E-state index contributed by atoms with van der Waals surface area (Å²) < 4.78 is 0. The molecule has 0 saturated carbocycles. The van der Waals surface area contributed by atoms with Crippen molar-refractivity contribution in [2.45, 2.75) is 6.92 Å². The fourth-order valence-corrected chi connectivity index (χ4v) is 2.42. The average Bonchev–Trinajstić information content (AvgIpc) is 2.64. The quantitative estimate of drug-likeness (QED) is 0.563. The first-order valence-electron chi connectivity index (χ1n) is 7.93. The summed E-state index contributed by atoms with van der Waals surface area (Å²) in [7, 11) is 0. The summed E-state index contributed by atoms with van der Waals surface area (Å²) in [6.45, 7) is 2.02. The summed E-state index contributed by atoms with van der Waals surface area (Å²) >= 11 is 0. The molecule has 124 valence electrons. The molecular weight excluding hydrogens is 312 g/mol. The Kier molecular flexibility index (Phi) is 4.90. The van der Waals surface area contributed by atoms with Crippen LogP contribution in [0.15, 0.2) is 84.0 Å². The first-order chi connectivity index (χ1) is 12.1. The molecular formula is C21H18N2O2. The van der Waals surface area contributed by atoms with Crippen molar-refractivity contribution < 1.29 is 9.90 Å². The number of phenols is 1. The zero-order valence-electron chi connectivity index (χ0n) is 13.8. The van der Waals surface area contributed by atoms with Crippen molar-refractivity contribution in [1.29, 1.82) is 0 Å². The van der Waals surface area contributed by atoms with Gasteiger partial charge in [-0.05, 0) is 25.1 Å². The van der Waals surface area contributed by atoms with E-state index in [1.165, 1.54) is 12.1 Å². The van der Waals surface area contributed by atoms with Crippen LogP contribution >= 0.6 is 0 Å². The average molecular weight is 330 g/mol. The maximum absolute atomic E-state index is 12.3. The van der Waals surface area contributed by atoms with Gasteiger partial charge >= 0.3 is 0 Å². The van der Waals surface area contributed by atoms with Crippen molar-refractivity contribution >= 4 is 11.6 Å². The SMILES string of the molecule is Cc1ccc(/C(=N\NC(=O)c2cccc(O)c2)c2ccccc2)cc1. The monoisotopic (exact) mass is 330 g/mol. The maximum Gasteiger partial charge on any atom is 0.271 e. The minimum absolute atomic E-state index is 0.0402. The van der Waals surface area contributed by atoms with E-state index in [0.717, 1.165) is 16.7 Å². The highest BCUT2D eigenvalue weighted by Gasteiger charge is 2.09. The van der Waals surface area contributed by atoms with Gasteiger partial charge in [0.05, 0.1) is 5.71 Å². The van der Waals surface area contributed by atoms with Crippen LogP contribution in [0.3, 0.4) is 0 Å². The Morgan fingerprint density at radius 3 is 2.16 bits per heavy atom. The molecule has 4 nitrogen and oxygen atoms in total. The van der Waals surface area contributed by atoms with Crippen LogP contribution in [0.4, 0.5) is 0 Å². The van der Waals surface area contributed by atoms with E-state index in [1.54, 1.807) is 12.1 Å². The third-order valence-corrected chi connectivity index (χ3v) is 3.75. The standard InChI is InChI=1S/C21H18N2O2/c1-15-10-12-17(13-11-15)20(16-6-3-2-4-7-16)22-23-21(25)18-8-5-9-19(24)14-18/h2-14,24H,1H3,(H,23,25)/b22-20-. The number of benzene rings is 3. The van der Waals surface area contributed by atoms with Gasteiger partial charge in [0.15, 0.2) is 0 Å². The van der Waals surface area contributed by atoms with Gasteiger partial charge in [-0.15, -0.1) is 0 Å². The van der Waals surface area contributed by atoms with Crippen molar-refractivity contribution in [3.8, 4) is 5.75 Å². The van der Waals surface area contributed by atoms with E-state index in [9.17, 15) is 9.90 Å². The molecule has 0 aliphatic rings. The van der Waals surface area contributed by atoms with Gasteiger partial charge in [0, 0.05) is 16.7 Å². The topological polar surface area (TPSA) is 61.7 Å². The fraction of sp³-hybridized carbons (Fsp3) is 0.0476. The highest BCUT2D eigenvalue weighted by molar-refractivity contribution is 6.13. The summed E-state index contributed by atoms with van der Waals surface area (Å²) in [5.41, 5.74) is 6.57. The predicted molar refractivity (Wildman–Crippen MR) is 98.8 cm³/mol. The van der Waals surface area contributed by atoms with Crippen molar-refractivity contribution in [2.75, 3.05) is 0 Å². The van der Waals surface area contributed by atoms with Crippen LogP contribution in [0.1, 0.15) is 27.0 Å². The number of phenolic OH excluding ortho intramolecular Hbond substituents is 1. The number of hydrogen-bond acceptors (Lipinski definition) is 3. The van der Waals surface area contributed by atoms with Gasteiger partial charge in [-0.1, -0.05) is 66.2 Å². The number of amides is 1. The fourth-order valence-electron chi connectivity index (χ4n) is 2.42. The number of nitrogens with zero attached hydrogens (tertiary/aromatic N) is 1. The molecule has 3 rings (SSSR count). The molecule has 3 aromatic rings. The highest BCUT2D eigenvalue weighted by Crippen LogP contribution is 2.13. The van der Waals surface area contributed by atoms with Crippen LogP contribution in [0.25, 0.3) is 0 Å². The highest BCUT2D eigenvalue weighted by atomic mass is 16.3. The molecule has 0 atom stereocenters. The van der Waals surface area contributed by atoms with Crippen molar-refractivity contribution in [3.05, 3.63) is 101 Å². The van der Waals surface area contributed by atoms with E-state index < -0.39 is 0 Å². The van der Waals surface area contributed by atoms with Gasteiger partial charge in [-0.25, -0.2) is 5.43 Å².